The average Bonchev–Trinajstić information content (AvgIpc) is 3.29. The van der Waals surface area contributed by atoms with Gasteiger partial charge in [0.05, 0.1) is 0 Å². The van der Waals surface area contributed by atoms with Crippen LogP contribution in [0.4, 0.5) is 0 Å². The summed E-state index contributed by atoms with van der Waals surface area (Å²) in [6.45, 7) is 2.49. The first-order chi connectivity index (χ1) is 12.7. The molecule has 0 heterocycles. The van der Waals surface area contributed by atoms with Gasteiger partial charge in [-0.2, -0.15) is 0 Å². The van der Waals surface area contributed by atoms with Gasteiger partial charge in [0.25, 0.3) is 0 Å². The highest BCUT2D eigenvalue weighted by Gasteiger charge is 2.72. The lowest BCUT2D eigenvalue weighted by Gasteiger charge is -2.51. The molecule has 2 N–H and O–H groups in total. The van der Waals surface area contributed by atoms with Crippen molar-refractivity contribution >= 4 is 0 Å². The van der Waals surface area contributed by atoms with Gasteiger partial charge in [0.15, 0.2) is 0 Å². The Hall–Kier alpha value is -0.300. The van der Waals surface area contributed by atoms with Crippen molar-refractivity contribution in [3.63, 3.8) is 0 Å². The molecule has 6 rings (SSSR count). The highest BCUT2D eigenvalue weighted by molar-refractivity contribution is 5.24. The molecule has 6 aliphatic rings. The molecule has 5 fully saturated rings. The number of fused-ring (bicyclic) bond motifs is 10. The summed E-state index contributed by atoms with van der Waals surface area (Å²) >= 11 is 0. The lowest BCUT2D eigenvalue weighted by atomic mass is 9.53. The molecule has 0 bridgehead atoms. The third-order valence-electron chi connectivity index (χ3n) is 10.7. The van der Waals surface area contributed by atoms with E-state index in [9.17, 15) is 0 Å². The Balaban J connectivity index is 1.51. The second-order valence-electron chi connectivity index (χ2n) is 11.4. The Morgan fingerprint density at radius 2 is 1.42 bits per heavy atom. The smallest absolute Gasteiger partial charge is 0.00418 e. The van der Waals surface area contributed by atoms with Crippen molar-refractivity contribution in [1.82, 2.24) is 0 Å². The van der Waals surface area contributed by atoms with E-state index in [1.807, 2.05) is 0 Å². The van der Waals surface area contributed by atoms with Crippen LogP contribution >= 0.6 is 0 Å². The average molecular weight is 354 g/mol. The number of allylic oxidation sites excluding steroid dienone is 2. The maximum atomic E-state index is 6.64. The minimum absolute atomic E-state index is 0.504. The zero-order valence-electron chi connectivity index (χ0n) is 16.8. The highest BCUT2D eigenvalue weighted by atomic mass is 14.8. The third kappa shape index (κ3) is 1.97. The van der Waals surface area contributed by atoms with Crippen LogP contribution in [0.25, 0.3) is 0 Å². The summed E-state index contributed by atoms with van der Waals surface area (Å²) in [6, 6.07) is 0.504. The van der Waals surface area contributed by atoms with E-state index >= 15 is 0 Å². The predicted molar refractivity (Wildman–Crippen MR) is 107 cm³/mol. The quantitative estimate of drug-likeness (QED) is 0.548. The molecule has 6 aliphatic carbocycles. The van der Waals surface area contributed by atoms with E-state index in [-0.39, 0.29) is 0 Å². The van der Waals surface area contributed by atoms with Crippen LogP contribution in [0.15, 0.2) is 12.2 Å². The van der Waals surface area contributed by atoms with Crippen LogP contribution in [-0.4, -0.2) is 6.04 Å². The second kappa shape index (κ2) is 5.85. The van der Waals surface area contributed by atoms with Crippen LogP contribution in [0, 0.1) is 58.7 Å². The standard InChI is InChI=1S/C25H39N/c1-15-9-11-19-17-5-2-3-7-21(17)25(23(19)13-15)22-8-4-6-18(22)20-12-10-16(26)14-24(20)25/h9,11,15-24H,2-8,10,12-14,26H2,1H3. The summed E-state index contributed by atoms with van der Waals surface area (Å²) in [6.07, 6.45) is 21.8. The van der Waals surface area contributed by atoms with Gasteiger partial charge in [-0.3, -0.25) is 0 Å². The topological polar surface area (TPSA) is 26.0 Å². The lowest BCUT2D eigenvalue weighted by Crippen LogP contribution is -2.47. The summed E-state index contributed by atoms with van der Waals surface area (Å²) in [5.41, 5.74) is 7.33. The molecule has 0 aliphatic heterocycles. The summed E-state index contributed by atoms with van der Waals surface area (Å²) in [5, 5.41) is 0. The normalized spacial score (nSPS) is 60.5. The maximum Gasteiger partial charge on any atom is 0.00418 e. The molecule has 0 aromatic carbocycles. The Morgan fingerprint density at radius 1 is 0.692 bits per heavy atom. The first-order valence-corrected chi connectivity index (χ1v) is 12.1. The summed E-state index contributed by atoms with van der Waals surface area (Å²) in [4.78, 5) is 0. The first-order valence-electron chi connectivity index (χ1n) is 12.1. The molecule has 11 atom stereocenters. The number of hydrogen-bond acceptors (Lipinski definition) is 1. The van der Waals surface area contributed by atoms with Gasteiger partial charge in [0.1, 0.15) is 0 Å². The van der Waals surface area contributed by atoms with Crippen molar-refractivity contribution in [2.24, 2.45) is 64.4 Å². The van der Waals surface area contributed by atoms with Gasteiger partial charge < -0.3 is 5.73 Å². The molecule has 1 spiro atoms. The molecule has 5 saturated carbocycles. The Bertz CT molecular complexity index is 595. The van der Waals surface area contributed by atoms with E-state index < -0.39 is 0 Å². The molecule has 144 valence electrons. The fourth-order valence-electron chi connectivity index (χ4n) is 10.4. The van der Waals surface area contributed by atoms with E-state index in [1.54, 1.807) is 19.3 Å². The van der Waals surface area contributed by atoms with E-state index in [0.717, 1.165) is 53.3 Å². The van der Waals surface area contributed by atoms with Gasteiger partial charge in [-0.1, -0.05) is 38.3 Å². The molecule has 0 radical (unpaired) electrons. The molecular formula is C25H39N. The lowest BCUT2D eigenvalue weighted by molar-refractivity contribution is -0.0287. The number of rotatable bonds is 0. The van der Waals surface area contributed by atoms with Crippen LogP contribution in [0.5, 0.6) is 0 Å². The van der Waals surface area contributed by atoms with Crippen molar-refractivity contribution in [3.8, 4) is 0 Å². The summed E-state index contributed by atoms with van der Waals surface area (Å²) < 4.78 is 0. The third-order valence-corrected chi connectivity index (χ3v) is 10.7. The van der Waals surface area contributed by atoms with Gasteiger partial charge in [-0.15, -0.1) is 0 Å². The Kier molecular flexibility index (Phi) is 3.74. The van der Waals surface area contributed by atoms with Crippen molar-refractivity contribution in [3.05, 3.63) is 12.2 Å². The fraction of sp³-hybridized carbons (Fsp3) is 0.920. The Morgan fingerprint density at radius 3 is 2.35 bits per heavy atom. The molecule has 11 unspecified atom stereocenters. The largest absolute Gasteiger partial charge is 0.328 e. The minimum Gasteiger partial charge on any atom is -0.328 e. The zero-order chi connectivity index (χ0) is 17.5. The summed E-state index contributed by atoms with van der Waals surface area (Å²) in [5.74, 6) is 8.99. The van der Waals surface area contributed by atoms with Crippen molar-refractivity contribution < 1.29 is 0 Å². The molecule has 1 nitrogen and oxygen atoms in total. The monoisotopic (exact) mass is 353 g/mol. The van der Waals surface area contributed by atoms with Crippen molar-refractivity contribution in [2.75, 3.05) is 0 Å². The summed E-state index contributed by atoms with van der Waals surface area (Å²) in [7, 11) is 0. The Labute approximate surface area is 160 Å². The minimum atomic E-state index is 0.504. The van der Waals surface area contributed by atoms with Gasteiger partial charge in [0.2, 0.25) is 0 Å². The van der Waals surface area contributed by atoms with E-state index in [0.29, 0.717) is 11.5 Å². The fourth-order valence-corrected chi connectivity index (χ4v) is 10.4. The molecule has 0 amide bonds. The number of nitrogens with two attached hydrogens (primary N) is 1. The molecule has 26 heavy (non-hydrogen) atoms. The van der Waals surface area contributed by atoms with Gasteiger partial charge in [-0.25, -0.2) is 0 Å². The SMILES string of the molecule is CC1C=CC2C3CCCCC3C3(C2C1)C1CCCC1C1CCC(N)CC13. The molecule has 1 heteroatoms. The maximum absolute atomic E-state index is 6.64. The zero-order valence-corrected chi connectivity index (χ0v) is 16.8. The van der Waals surface area contributed by atoms with Gasteiger partial charge >= 0.3 is 0 Å². The van der Waals surface area contributed by atoms with Crippen molar-refractivity contribution in [1.29, 1.82) is 0 Å². The van der Waals surface area contributed by atoms with E-state index in [2.05, 4.69) is 19.1 Å². The predicted octanol–water partition coefficient (Wildman–Crippen LogP) is 5.79. The molecule has 0 aromatic rings. The van der Waals surface area contributed by atoms with Crippen molar-refractivity contribution in [2.45, 2.75) is 83.6 Å². The molecular weight excluding hydrogens is 314 g/mol. The van der Waals surface area contributed by atoms with Crippen LogP contribution in [0.2, 0.25) is 0 Å². The molecule has 0 aromatic heterocycles. The van der Waals surface area contributed by atoms with Crippen LogP contribution < -0.4 is 5.73 Å². The van der Waals surface area contributed by atoms with Crippen LogP contribution in [0.1, 0.15) is 77.6 Å². The molecule has 0 saturated heterocycles. The van der Waals surface area contributed by atoms with Gasteiger partial charge in [-0.05, 0) is 110 Å². The highest BCUT2D eigenvalue weighted by Crippen LogP contribution is 2.77. The van der Waals surface area contributed by atoms with Gasteiger partial charge in [0, 0.05) is 6.04 Å². The van der Waals surface area contributed by atoms with Crippen LogP contribution in [-0.2, 0) is 0 Å². The van der Waals surface area contributed by atoms with E-state index in [4.69, 9.17) is 5.73 Å². The second-order valence-corrected chi connectivity index (χ2v) is 11.4. The van der Waals surface area contributed by atoms with Crippen LogP contribution in [0.3, 0.4) is 0 Å². The first kappa shape index (κ1) is 16.6. The van der Waals surface area contributed by atoms with E-state index in [1.165, 1.54) is 51.4 Å². The number of hydrogen-bond donors (Lipinski definition) is 1.